The zero-order valence-corrected chi connectivity index (χ0v) is 18.9. The molecule has 0 spiro atoms. The maximum Gasteiger partial charge on any atom is 0.246 e. The van der Waals surface area contributed by atoms with Gasteiger partial charge in [0, 0.05) is 28.9 Å². The van der Waals surface area contributed by atoms with E-state index in [1.165, 1.54) is 0 Å². The molecule has 0 N–H and O–H groups in total. The van der Waals surface area contributed by atoms with E-state index in [2.05, 4.69) is 9.97 Å². The van der Waals surface area contributed by atoms with Gasteiger partial charge in [-0.1, -0.05) is 18.2 Å². The molecule has 29 heavy (non-hydrogen) atoms. The van der Waals surface area contributed by atoms with Crippen LogP contribution in [0.4, 0.5) is 0 Å². The van der Waals surface area contributed by atoms with Crippen LogP contribution < -0.4 is 4.74 Å². The number of rotatable bonds is 7. The minimum absolute atomic E-state index is 0.0299. The smallest absolute Gasteiger partial charge is 0.246 e. The number of nitrogens with zero attached hydrogens (tertiary/aromatic N) is 3. The Morgan fingerprint density at radius 3 is 2.62 bits per heavy atom. The van der Waals surface area contributed by atoms with Gasteiger partial charge in [-0.25, -0.2) is 9.97 Å². The molecule has 3 rings (SSSR count). The molecule has 0 bridgehead atoms. The molecule has 1 amide bonds. The number of carbonyl (C=O) groups excluding carboxylic acids is 1. The number of para-hydroxylation sites is 1. The third-order valence-corrected chi connectivity index (χ3v) is 6.68. The predicted molar refractivity (Wildman–Crippen MR) is 119 cm³/mol. The maximum absolute atomic E-state index is 12.7. The summed E-state index contributed by atoms with van der Waals surface area (Å²) in [7, 11) is 1.82. The first-order valence-corrected chi connectivity index (χ1v) is 11.1. The second kappa shape index (κ2) is 9.33. The van der Waals surface area contributed by atoms with Crippen LogP contribution in [0.25, 0.3) is 6.08 Å². The van der Waals surface area contributed by atoms with Gasteiger partial charge in [0.2, 0.25) is 5.91 Å². The highest BCUT2D eigenvalue weighted by Gasteiger charge is 2.20. The molecule has 0 aliphatic rings. The zero-order chi connectivity index (χ0) is 21.0. The molecule has 152 valence electrons. The van der Waals surface area contributed by atoms with Crippen LogP contribution in [0.2, 0.25) is 0 Å². The van der Waals surface area contributed by atoms with Crippen LogP contribution in [-0.4, -0.2) is 27.8 Å². The number of aryl methyl sites for hydroxylation is 3. The van der Waals surface area contributed by atoms with E-state index < -0.39 is 0 Å². The van der Waals surface area contributed by atoms with Crippen molar-refractivity contribution in [3.63, 3.8) is 0 Å². The van der Waals surface area contributed by atoms with Gasteiger partial charge in [-0.3, -0.25) is 4.79 Å². The standard InChI is InChI=1S/C22H25N3O2S2/c1-14-22(29-17(4)23-14)15(2)25(5)21(26)11-10-18-8-6-7-9-20(18)27-12-19-13-28-16(3)24-19/h6-11,13,15H,12H2,1-5H3. The van der Waals surface area contributed by atoms with E-state index in [1.54, 1.807) is 39.7 Å². The molecule has 0 radical (unpaired) electrons. The highest BCUT2D eigenvalue weighted by Crippen LogP contribution is 2.28. The average molecular weight is 428 g/mol. The van der Waals surface area contributed by atoms with Crippen LogP contribution >= 0.6 is 22.7 Å². The fourth-order valence-corrected chi connectivity index (χ4v) is 4.58. The molecule has 2 aromatic heterocycles. The lowest BCUT2D eigenvalue weighted by atomic mass is 10.1. The number of hydrogen-bond donors (Lipinski definition) is 0. The molecule has 0 aliphatic carbocycles. The minimum atomic E-state index is -0.0621. The van der Waals surface area contributed by atoms with Gasteiger partial charge < -0.3 is 9.64 Å². The van der Waals surface area contributed by atoms with E-state index in [1.807, 2.05) is 64.4 Å². The second-order valence-corrected chi connectivity index (χ2v) is 9.12. The Bertz CT molecular complexity index is 1020. The number of amides is 1. The van der Waals surface area contributed by atoms with E-state index in [0.717, 1.165) is 37.6 Å². The molecule has 1 aromatic carbocycles. The van der Waals surface area contributed by atoms with Crippen LogP contribution in [0.15, 0.2) is 35.7 Å². The molecular weight excluding hydrogens is 402 g/mol. The number of aromatic nitrogens is 2. The first-order chi connectivity index (χ1) is 13.8. The molecule has 1 unspecified atom stereocenters. The molecule has 0 saturated heterocycles. The van der Waals surface area contributed by atoms with Crippen molar-refractivity contribution in [2.24, 2.45) is 0 Å². The van der Waals surface area contributed by atoms with Crippen molar-refractivity contribution in [1.29, 1.82) is 0 Å². The Morgan fingerprint density at radius 2 is 1.97 bits per heavy atom. The molecule has 0 aliphatic heterocycles. The van der Waals surface area contributed by atoms with Crippen molar-refractivity contribution in [2.75, 3.05) is 7.05 Å². The molecular formula is C22H25N3O2S2. The average Bonchev–Trinajstić information content (AvgIpc) is 3.27. The highest BCUT2D eigenvalue weighted by atomic mass is 32.1. The number of ether oxygens (including phenoxy) is 1. The van der Waals surface area contributed by atoms with E-state index in [9.17, 15) is 4.79 Å². The summed E-state index contributed by atoms with van der Waals surface area (Å²) in [4.78, 5) is 24.5. The van der Waals surface area contributed by atoms with Crippen molar-refractivity contribution in [1.82, 2.24) is 14.9 Å². The molecule has 0 fully saturated rings. The number of hydrogen-bond acceptors (Lipinski definition) is 6. The summed E-state index contributed by atoms with van der Waals surface area (Å²) in [5, 5.41) is 4.03. The van der Waals surface area contributed by atoms with Crippen LogP contribution in [0, 0.1) is 20.8 Å². The summed E-state index contributed by atoms with van der Waals surface area (Å²) in [6.07, 6.45) is 3.40. The van der Waals surface area contributed by atoms with Gasteiger partial charge in [0.05, 0.1) is 27.4 Å². The summed E-state index contributed by atoms with van der Waals surface area (Å²) in [6, 6.07) is 7.66. The minimum Gasteiger partial charge on any atom is -0.487 e. The zero-order valence-electron chi connectivity index (χ0n) is 17.3. The lowest BCUT2D eigenvalue weighted by Crippen LogP contribution is -2.27. The van der Waals surface area contributed by atoms with Crippen molar-refractivity contribution < 1.29 is 9.53 Å². The highest BCUT2D eigenvalue weighted by molar-refractivity contribution is 7.11. The monoisotopic (exact) mass is 427 g/mol. The van der Waals surface area contributed by atoms with Gasteiger partial charge in [0.1, 0.15) is 12.4 Å². The number of thiazole rings is 2. The first-order valence-electron chi connectivity index (χ1n) is 9.36. The van der Waals surface area contributed by atoms with Crippen LogP contribution in [0.5, 0.6) is 5.75 Å². The van der Waals surface area contributed by atoms with E-state index in [4.69, 9.17) is 4.74 Å². The van der Waals surface area contributed by atoms with E-state index in [-0.39, 0.29) is 11.9 Å². The van der Waals surface area contributed by atoms with Gasteiger partial charge in [0.25, 0.3) is 0 Å². The molecule has 1 atom stereocenters. The normalized spacial score (nSPS) is 12.3. The molecule has 2 heterocycles. The Hall–Kier alpha value is -2.51. The summed E-state index contributed by atoms with van der Waals surface area (Å²) < 4.78 is 5.93. The summed E-state index contributed by atoms with van der Waals surface area (Å²) in [5.41, 5.74) is 2.75. The Kier molecular flexibility index (Phi) is 6.82. The summed E-state index contributed by atoms with van der Waals surface area (Å²) >= 11 is 3.24. The van der Waals surface area contributed by atoms with Crippen LogP contribution in [0.1, 0.15) is 44.8 Å². The van der Waals surface area contributed by atoms with Gasteiger partial charge in [-0.15, -0.1) is 22.7 Å². The third-order valence-electron chi connectivity index (χ3n) is 4.61. The fraction of sp³-hybridized carbons (Fsp3) is 0.318. The molecule has 3 aromatic rings. The Morgan fingerprint density at radius 1 is 1.21 bits per heavy atom. The third kappa shape index (κ3) is 5.31. The van der Waals surface area contributed by atoms with Crippen molar-refractivity contribution in [2.45, 2.75) is 40.3 Å². The van der Waals surface area contributed by atoms with Gasteiger partial charge >= 0.3 is 0 Å². The topological polar surface area (TPSA) is 55.3 Å². The fourth-order valence-electron chi connectivity index (χ4n) is 2.96. The van der Waals surface area contributed by atoms with Gasteiger partial charge in [-0.05, 0) is 39.8 Å². The van der Waals surface area contributed by atoms with Crippen molar-refractivity contribution >= 4 is 34.7 Å². The largest absolute Gasteiger partial charge is 0.487 e. The van der Waals surface area contributed by atoms with Crippen LogP contribution in [0.3, 0.4) is 0 Å². The van der Waals surface area contributed by atoms with Gasteiger partial charge in [-0.2, -0.15) is 0 Å². The number of carbonyl (C=O) groups is 1. The number of benzene rings is 1. The molecule has 7 heteroatoms. The quantitative estimate of drug-likeness (QED) is 0.478. The van der Waals surface area contributed by atoms with Crippen LogP contribution in [-0.2, 0) is 11.4 Å². The van der Waals surface area contributed by atoms with Crippen molar-refractivity contribution in [3.05, 3.63) is 67.6 Å². The first kappa shape index (κ1) is 21.2. The lowest BCUT2D eigenvalue weighted by molar-refractivity contribution is -0.126. The predicted octanol–water partition coefficient (Wildman–Crippen LogP) is 5.34. The maximum atomic E-state index is 12.7. The number of likely N-dealkylation sites (N-methyl/N-ethyl adjacent to an activating group) is 1. The summed E-state index contributed by atoms with van der Waals surface area (Å²) in [5.74, 6) is 0.666. The van der Waals surface area contributed by atoms with Gasteiger partial charge in [0.15, 0.2) is 0 Å². The SMILES string of the molecule is Cc1nc(COc2ccccc2C=CC(=O)N(C)C(C)c2sc(C)nc2C)cs1. The van der Waals surface area contributed by atoms with Crippen molar-refractivity contribution in [3.8, 4) is 5.75 Å². The van der Waals surface area contributed by atoms with E-state index in [0.29, 0.717) is 6.61 Å². The molecule has 0 saturated carbocycles. The second-order valence-electron chi connectivity index (χ2n) is 6.83. The lowest BCUT2D eigenvalue weighted by Gasteiger charge is -2.23. The Labute approximate surface area is 179 Å². The molecule has 5 nitrogen and oxygen atoms in total. The summed E-state index contributed by atoms with van der Waals surface area (Å²) in [6.45, 7) is 8.38. The van der Waals surface area contributed by atoms with E-state index >= 15 is 0 Å². The Balaban J connectivity index is 1.68.